The van der Waals surface area contributed by atoms with Crippen LogP contribution in [0.1, 0.15) is 13.8 Å². The second-order valence-corrected chi connectivity index (χ2v) is 3.45. The smallest absolute Gasteiger partial charge is 0.0460 e. The van der Waals surface area contributed by atoms with E-state index in [2.05, 4.69) is 19.6 Å². The van der Waals surface area contributed by atoms with E-state index in [1.54, 1.807) is 11.8 Å². The van der Waals surface area contributed by atoms with E-state index >= 15 is 0 Å². The summed E-state index contributed by atoms with van der Waals surface area (Å²) in [4.78, 5) is 1.26. The summed E-state index contributed by atoms with van der Waals surface area (Å²) in [5.74, 6) is 0.561. The van der Waals surface area contributed by atoms with Gasteiger partial charge in [0, 0.05) is 16.7 Å². The lowest BCUT2D eigenvalue weighted by atomic mass is 10.2. The van der Waals surface area contributed by atoms with Crippen LogP contribution in [-0.4, -0.2) is 0 Å². The monoisotopic (exact) mass is 153 g/mol. The zero-order chi connectivity index (χ0) is 7.56. The first-order chi connectivity index (χ1) is 4.70. The highest BCUT2D eigenvalue weighted by Gasteiger charge is 2.03. The van der Waals surface area contributed by atoms with Crippen LogP contribution in [0.4, 0.5) is 0 Å². The van der Waals surface area contributed by atoms with Crippen LogP contribution < -0.4 is 5.73 Å². The lowest BCUT2D eigenvalue weighted by molar-refractivity contribution is 0.818. The van der Waals surface area contributed by atoms with Crippen LogP contribution in [0.2, 0.25) is 0 Å². The van der Waals surface area contributed by atoms with Gasteiger partial charge >= 0.3 is 0 Å². The maximum Gasteiger partial charge on any atom is 0.0460 e. The predicted molar refractivity (Wildman–Crippen MR) is 46.3 cm³/mol. The van der Waals surface area contributed by atoms with Crippen molar-refractivity contribution in [1.29, 1.82) is 0 Å². The Morgan fingerprint density at radius 2 is 2.30 bits per heavy atom. The summed E-state index contributed by atoms with van der Waals surface area (Å²) in [6, 6.07) is 0. The molecule has 0 saturated carbocycles. The Morgan fingerprint density at radius 3 is 2.70 bits per heavy atom. The lowest BCUT2D eigenvalue weighted by Gasteiger charge is -2.07. The molecule has 0 aromatic carbocycles. The first-order valence-electron chi connectivity index (χ1n) is 3.29. The molecule has 0 aromatic rings. The topological polar surface area (TPSA) is 26.0 Å². The molecule has 1 aliphatic heterocycles. The Balaban J connectivity index is 2.78. The minimum absolute atomic E-state index is 0.561. The normalized spacial score (nSPS) is 17.1. The second kappa shape index (κ2) is 3.00. The van der Waals surface area contributed by atoms with Crippen LogP contribution >= 0.6 is 11.8 Å². The van der Waals surface area contributed by atoms with Gasteiger partial charge in [-0.2, -0.15) is 0 Å². The van der Waals surface area contributed by atoms with Crippen LogP contribution in [0.25, 0.3) is 0 Å². The number of hydrogen-bond donors (Lipinski definition) is 1. The molecule has 0 fully saturated rings. The van der Waals surface area contributed by atoms with E-state index in [-0.39, 0.29) is 0 Å². The fourth-order valence-corrected chi connectivity index (χ4v) is 1.39. The van der Waals surface area contributed by atoms with Gasteiger partial charge in [0.15, 0.2) is 0 Å². The summed E-state index contributed by atoms with van der Waals surface area (Å²) in [5, 5.41) is 1.95. The Labute approximate surface area is 65.7 Å². The van der Waals surface area contributed by atoms with Gasteiger partial charge in [-0.1, -0.05) is 25.6 Å². The second-order valence-electron chi connectivity index (χ2n) is 2.54. The van der Waals surface area contributed by atoms with Crippen molar-refractivity contribution in [2.75, 3.05) is 0 Å². The molecular weight excluding hydrogens is 142 g/mol. The van der Waals surface area contributed by atoms with Gasteiger partial charge in [0.2, 0.25) is 0 Å². The molecule has 0 bridgehead atoms. The Bertz CT molecular complexity index is 219. The summed E-state index contributed by atoms with van der Waals surface area (Å²) in [7, 11) is 0. The summed E-state index contributed by atoms with van der Waals surface area (Å²) in [6.07, 6.45) is 1.83. The van der Waals surface area contributed by atoms with E-state index in [1.807, 2.05) is 11.5 Å². The minimum atomic E-state index is 0.561. The van der Waals surface area contributed by atoms with E-state index in [0.717, 1.165) is 5.70 Å². The van der Waals surface area contributed by atoms with Crippen molar-refractivity contribution in [3.8, 4) is 0 Å². The quantitative estimate of drug-likeness (QED) is 0.584. The molecular formula is C8H11NS. The average molecular weight is 153 g/mol. The molecule has 1 rings (SSSR count). The summed E-state index contributed by atoms with van der Waals surface area (Å²) < 4.78 is 0. The lowest BCUT2D eigenvalue weighted by Crippen LogP contribution is -1.95. The molecule has 0 atom stereocenters. The number of hydrogen-bond acceptors (Lipinski definition) is 2. The number of nitrogens with two attached hydrogens (primary N) is 1. The van der Waals surface area contributed by atoms with Crippen molar-refractivity contribution in [2.24, 2.45) is 11.7 Å². The zero-order valence-corrected chi connectivity index (χ0v) is 7.03. The highest BCUT2D eigenvalue weighted by molar-refractivity contribution is 8.05. The van der Waals surface area contributed by atoms with Gasteiger partial charge in [-0.05, 0) is 11.3 Å². The number of thioether (sulfide) groups is 1. The average Bonchev–Trinajstić information content (AvgIpc) is 1.88. The van der Waals surface area contributed by atoms with Gasteiger partial charge in [0.05, 0.1) is 0 Å². The van der Waals surface area contributed by atoms with Crippen LogP contribution in [-0.2, 0) is 0 Å². The fourth-order valence-electron chi connectivity index (χ4n) is 0.657. The molecule has 2 heteroatoms. The summed E-state index contributed by atoms with van der Waals surface area (Å²) in [6.45, 7) is 4.30. The van der Waals surface area contributed by atoms with Gasteiger partial charge in [-0.15, -0.1) is 5.73 Å². The molecule has 0 spiro atoms. The summed E-state index contributed by atoms with van der Waals surface area (Å²) in [5.41, 5.74) is 9.44. The van der Waals surface area contributed by atoms with Crippen LogP contribution in [0.3, 0.4) is 0 Å². The highest BCUT2D eigenvalue weighted by Crippen LogP contribution is 2.26. The van der Waals surface area contributed by atoms with Gasteiger partial charge in [-0.25, -0.2) is 0 Å². The Kier molecular flexibility index (Phi) is 2.25. The molecule has 2 N–H and O–H groups in total. The molecule has 0 saturated heterocycles. The van der Waals surface area contributed by atoms with E-state index in [1.165, 1.54) is 4.91 Å². The van der Waals surface area contributed by atoms with Gasteiger partial charge in [0.25, 0.3) is 0 Å². The molecule has 0 aromatic heterocycles. The predicted octanol–water partition coefficient (Wildman–Crippen LogP) is 2.23. The molecule has 54 valence electrons. The number of rotatable bonds is 1. The molecule has 1 heterocycles. The minimum Gasteiger partial charge on any atom is -0.398 e. The van der Waals surface area contributed by atoms with Crippen molar-refractivity contribution in [2.45, 2.75) is 13.8 Å². The third-order valence-corrected chi connectivity index (χ3v) is 2.46. The highest BCUT2D eigenvalue weighted by atomic mass is 32.2. The molecule has 0 aliphatic carbocycles. The third-order valence-electron chi connectivity index (χ3n) is 1.23. The maximum atomic E-state index is 5.51. The van der Waals surface area contributed by atoms with Gasteiger partial charge < -0.3 is 5.73 Å². The first-order valence-corrected chi connectivity index (χ1v) is 4.17. The molecule has 1 nitrogen and oxygen atoms in total. The molecule has 0 amide bonds. The maximum absolute atomic E-state index is 5.51. The standard InChI is InChI=1S/C8H11NS/c1-6(2)8-4-3-7(9)5-10-8/h3,5-6H,9H2,1-2H3. The van der Waals surface area contributed by atoms with Gasteiger partial charge in [-0.3, -0.25) is 0 Å². The van der Waals surface area contributed by atoms with E-state index in [4.69, 9.17) is 5.73 Å². The largest absolute Gasteiger partial charge is 0.398 e. The summed E-state index contributed by atoms with van der Waals surface area (Å²) >= 11 is 1.67. The Morgan fingerprint density at radius 1 is 1.60 bits per heavy atom. The number of allylic oxidation sites excluding steroid dienone is 1. The molecule has 0 unspecified atom stereocenters. The Hall–Kier alpha value is -0.590. The third kappa shape index (κ3) is 1.69. The zero-order valence-electron chi connectivity index (χ0n) is 6.22. The fraction of sp³-hybridized carbons (Fsp3) is 0.375. The van der Waals surface area contributed by atoms with Crippen molar-refractivity contribution < 1.29 is 0 Å². The molecule has 0 radical (unpaired) electrons. The van der Waals surface area contributed by atoms with Crippen LogP contribution in [0.15, 0.2) is 27.8 Å². The van der Waals surface area contributed by atoms with Crippen LogP contribution in [0, 0.1) is 5.92 Å². The van der Waals surface area contributed by atoms with Gasteiger partial charge in [0.1, 0.15) is 0 Å². The van der Waals surface area contributed by atoms with Crippen molar-refractivity contribution in [3.05, 3.63) is 27.8 Å². The van der Waals surface area contributed by atoms with E-state index < -0.39 is 0 Å². The first kappa shape index (κ1) is 7.52. The SMILES string of the molecule is CC(C)C1=C=CC(N)=CS1. The van der Waals surface area contributed by atoms with Crippen LogP contribution in [0.5, 0.6) is 0 Å². The van der Waals surface area contributed by atoms with Crippen molar-refractivity contribution in [3.63, 3.8) is 0 Å². The molecule has 10 heavy (non-hydrogen) atoms. The van der Waals surface area contributed by atoms with E-state index in [9.17, 15) is 0 Å². The van der Waals surface area contributed by atoms with Crippen molar-refractivity contribution in [1.82, 2.24) is 0 Å². The van der Waals surface area contributed by atoms with E-state index in [0.29, 0.717) is 5.92 Å². The van der Waals surface area contributed by atoms with Crippen molar-refractivity contribution >= 4 is 11.8 Å². The molecule has 1 aliphatic rings.